The highest BCUT2D eigenvalue weighted by Gasteiger charge is 2.25. The van der Waals surface area contributed by atoms with Crippen LogP contribution in [0.3, 0.4) is 0 Å². The van der Waals surface area contributed by atoms with Crippen molar-refractivity contribution in [2.75, 3.05) is 13.6 Å². The second-order valence-corrected chi connectivity index (χ2v) is 4.42. The van der Waals surface area contributed by atoms with Crippen LogP contribution < -0.4 is 10.6 Å². The lowest BCUT2D eigenvalue weighted by Gasteiger charge is -2.27. The Labute approximate surface area is 91.4 Å². The quantitative estimate of drug-likeness (QED) is 0.596. The van der Waals surface area contributed by atoms with Crippen molar-refractivity contribution in [1.82, 2.24) is 10.6 Å². The minimum absolute atomic E-state index is 0.178. The molecule has 1 amide bonds. The van der Waals surface area contributed by atoms with Gasteiger partial charge in [0.25, 0.3) is 0 Å². The molecular formula is C11H22N2O2. The van der Waals surface area contributed by atoms with E-state index in [2.05, 4.69) is 10.6 Å². The van der Waals surface area contributed by atoms with Crippen LogP contribution in [0.2, 0.25) is 0 Å². The molecule has 0 radical (unpaired) electrons. The number of aliphatic hydroxyl groups excluding tert-OH is 1. The van der Waals surface area contributed by atoms with Crippen LogP contribution in [0.15, 0.2) is 0 Å². The Balaban J connectivity index is 2.21. The molecular weight excluding hydrogens is 192 g/mol. The first-order valence-electron chi connectivity index (χ1n) is 5.76. The highest BCUT2D eigenvalue weighted by Crippen LogP contribution is 2.28. The van der Waals surface area contributed by atoms with Crippen LogP contribution in [0.1, 0.15) is 32.6 Å². The van der Waals surface area contributed by atoms with E-state index in [1.807, 2.05) is 0 Å². The zero-order valence-corrected chi connectivity index (χ0v) is 9.62. The first-order valence-corrected chi connectivity index (χ1v) is 5.76. The van der Waals surface area contributed by atoms with Gasteiger partial charge in [0.2, 0.25) is 5.91 Å². The number of hydrogen-bond donors (Lipinski definition) is 3. The Kier molecular flexibility index (Phi) is 5.05. The number of carbonyl (C=O) groups excluding carboxylic acids is 1. The van der Waals surface area contributed by atoms with Crippen LogP contribution in [-0.2, 0) is 4.79 Å². The maximum atomic E-state index is 11.4. The van der Waals surface area contributed by atoms with E-state index in [1.165, 1.54) is 0 Å². The molecule has 0 aromatic heterocycles. The summed E-state index contributed by atoms with van der Waals surface area (Å²) in [5.41, 5.74) is 0. The van der Waals surface area contributed by atoms with Gasteiger partial charge >= 0.3 is 0 Å². The molecule has 0 aliphatic heterocycles. The molecule has 0 saturated heterocycles. The Bertz CT molecular complexity index is 199. The molecule has 0 aromatic carbocycles. The lowest BCUT2D eigenvalue weighted by Crippen LogP contribution is -2.35. The predicted octanol–water partition coefficient (Wildman–Crippen LogP) is 0.467. The molecule has 1 unspecified atom stereocenters. The van der Waals surface area contributed by atoms with Gasteiger partial charge in [-0.05, 0) is 38.5 Å². The number of hydrogen-bond acceptors (Lipinski definition) is 3. The number of rotatable bonds is 4. The molecule has 1 atom stereocenters. The van der Waals surface area contributed by atoms with E-state index in [4.69, 9.17) is 5.11 Å². The van der Waals surface area contributed by atoms with Gasteiger partial charge in [0.15, 0.2) is 0 Å². The van der Waals surface area contributed by atoms with E-state index in [9.17, 15) is 4.79 Å². The Morgan fingerprint density at radius 1 is 1.40 bits per heavy atom. The fourth-order valence-corrected chi connectivity index (χ4v) is 2.17. The van der Waals surface area contributed by atoms with Gasteiger partial charge in [0, 0.05) is 19.5 Å². The van der Waals surface area contributed by atoms with Gasteiger partial charge in [0.1, 0.15) is 6.23 Å². The van der Waals surface area contributed by atoms with Crippen molar-refractivity contribution in [3.8, 4) is 0 Å². The fraction of sp³-hybridized carbons (Fsp3) is 0.909. The highest BCUT2D eigenvalue weighted by atomic mass is 16.3. The van der Waals surface area contributed by atoms with E-state index >= 15 is 0 Å². The minimum atomic E-state index is -0.429. The van der Waals surface area contributed by atoms with E-state index in [-0.39, 0.29) is 11.8 Å². The summed E-state index contributed by atoms with van der Waals surface area (Å²) in [4.78, 5) is 11.4. The van der Waals surface area contributed by atoms with E-state index in [0.29, 0.717) is 5.92 Å². The number of carbonyl (C=O) groups is 1. The molecule has 4 nitrogen and oxygen atoms in total. The zero-order chi connectivity index (χ0) is 11.3. The third-order valence-electron chi connectivity index (χ3n) is 3.17. The predicted molar refractivity (Wildman–Crippen MR) is 59.2 cm³/mol. The van der Waals surface area contributed by atoms with Crippen LogP contribution in [0.4, 0.5) is 0 Å². The minimum Gasteiger partial charge on any atom is -0.379 e. The van der Waals surface area contributed by atoms with E-state index < -0.39 is 6.23 Å². The Morgan fingerprint density at radius 3 is 2.47 bits per heavy atom. The summed E-state index contributed by atoms with van der Waals surface area (Å²) in [6.07, 6.45) is 3.69. The van der Waals surface area contributed by atoms with Crippen molar-refractivity contribution in [3.63, 3.8) is 0 Å². The highest BCUT2D eigenvalue weighted by molar-refractivity contribution is 5.78. The average molecular weight is 214 g/mol. The molecule has 0 heterocycles. The van der Waals surface area contributed by atoms with Crippen molar-refractivity contribution in [3.05, 3.63) is 0 Å². The van der Waals surface area contributed by atoms with Crippen LogP contribution >= 0.6 is 0 Å². The van der Waals surface area contributed by atoms with Crippen LogP contribution in [0.25, 0.3) is 0 Å². The van der Waals surface area contributed by atoms with Gasteiger partial charge in [-0.25, -0.2) is 0 Å². The van der Waals surface area contributed by atoms with Gasteiger partial charge in [-0.1, -0.05) is 0 Å². The first kappa shape index (κ1) is 12.5. The number of amides is 1. The summed E-state index contributed by atoms with van der Waals surface area (Å²) < 4.78 is 0. The van der Waals surface area contributed by atoms with Crippen molar-refractivity contribution in [2.24, 2.45) is 11.8 Å². The van der Waals surface area contributed by atoms with Gasteiger partial charge in [-0.15, -0.1) is 0 Å². The summed E-state index contributed by atoms with van der Waals surface area (Å²) in [7, 11) is 1.70. The van der Waals surface area contributed by atoms with Crippen LogP contribution in [0, 0.1) is 11.8 Å². The molecule has 1 aliphatic carbocycles. The molecule has 88 valence electrons. The zero-order valence-electron chi connectivity index (χ0n) is 9.62. The standard InChI is InChI=1S/C11H22N2O2/c1-8(14)13-7-9-3-5-10(6-4-9)11(15)12-2/h8-10,13-14H,3-7H2,1-2H3,(H,12,15). The molecule has 1 aliphatic rings. The summed E-state index contributed by atoms with van der Waals surface area (Å²) >= 11 is 0. The van der Waals surface area contributed by atoms with Gasteiger partial charge in [-0.3, -0.25) is 10.1 Å². The second kappa shape index (κ2) is 6.08. The van der Waals surface area contributed by atoms with Gasteiger partial charge in [-0.2, -0.15) is 0 Å². The Hall–Kier alpha value is -0.610. The van der Waals surface area contributed by atoms with Gasteiger partial charge < -0.3 is 10.4 Å². The van der Waals surface area contributed by atoms with Gasteiger partial charge in [0.05, 0.1) is 0 Å². The summed E-state index contributed by atoms with van der Waals surface area (Å²) in [5.74, 6) is 0.996. The normalized spacial score (nSPS) is 28.5. The monoisotopic (exact) mass is 214 g/mol. The van der Waals surface area contributed by atoms with Crippen molar-refractivity contribution in [2.45, 2.75) is 38.8 Å². The van der Waals surface area contributed by atoms with Crippen molar-refractivity contribution >= 4 is 5.91 Å². The SMILES string of the molecule is CNC(=O)C1CCC(CNC(C)O)CC1. The molecule has 3 N–H and O–H groups in total. The lowest BCUT2D eigenvalue weighted by molar-refractivity contribution is -0.125. The van der Waals surface area contributed by atoms with E-state index in [0.717, 1.165) is 32.2 Å². The summed E-state index contributed by atoms with van der Waals surface area (Å²) in [6, 6.07) is 0. The lowest BCUT2D eigenvalue weighted by atomic mass is 9.81. The molecule has 1 saturated carbocycles. The molecule has 0 spiro atoms. The largest absolute Gasteiger partial charge is 0.379 e. The van der Waals surface area contributed by atoms with Crippen LogP contribution in [-0.4, -0.2) is 30.8 Å². The number of nitrogens with one attached hydrogen (secondary N) is 2. The molecule has 1 fully saturated rings. The maximum Gasteiger partial charge on any atom is 0.222 e. The summed E-state index contributed by atoms with van der Waals surface area (Å²) in [6.45, 7) is 2.59. The molecule has 15 heavy (non-hydrogen) atoms. The topological polar surface area (TPSA) is 61.4 Å². The van der Waals surface area contributed by atoms with E-state index in [1.54, 1.807) is 14.0 Å². The third-order valence-corrected chi connectivity index (χ3v) is 3.17. The number of aliphatic hydroxyl groups is 1. The van der Waals surface area contributed by atoms with Crippen molar-refractivity contribution < 1.29 is 9.90 Å². The average Bonchev–Trinajstić information content (AvgIpc) is 2.26. The summed E-state index contributed by atoms with van der Waals surface area (Å²) in [5, 5.41) is 14.8. The molecule has 1 rings (SSSR count). The smallest absolute Gasteiger partial charge is 0.222 e. The fourth-order valence-electron chi connectivity index (χ4n) is 2.17. The molecule has 4 heteroatoms. The second-order valence-electron chi connectivity index (χ2n) is 4.42. The Morgan fingerprint density at radius 2 is 2.00 bits per heavy atom. The molecule has 0 bridgehead atoms. The van der Waals surface area contributed by atoms with Crippen LogP contribution in [0.5, 0.6) is 0 Å². The molecule has 0 aromatic rings. The maximum absolute atomic E-state index is 11.4. The first-order chi connectivity index (χ1) is 7.13. The third kappa shape index (κ3) is 4.18. The van der Waals surface area contributed by atoms with Crippen molar-refractivity contribution in [1.29, 1.82) is 0 Å².